The van der Waals surface area contributed by atoms with Gasteiger partial charge < -0.3 is 15.2 Å². The summed E-state index contributed by atoms with van der Waals surface area (Å²) in [6, 6.07) is 8.64. The summed E-state index contributed by atoms with van der Waals surface area (Å²) < 4.78 is 37.6. The van der Waals surface area contributed by atoms with Crippen molar-refractivity contribution in [3.05, 3.63) is 59.2 Å². The maximum atomic E-state index is 13.9. The molecule has 0 saturated carbocycles. The topological polar surface area (TPSA) is 44.5 Å². The molecular weight excluding hydrogens is 276 g/mol. The molecule has 0 spiro atoms. The van der Waals surface area contributed by atoms with E-state index in [1.807, 2.05) is 12.1 Å². The lowest BCUT2D eigenvalue weighted by atomic mass is 10.1. The van der Waals surface area contributed by atoms with Crippen LogP contribution in [-0.4, -0.2) is 7.11 Å². The summed E-state index contributed by atoms with van der Waals surface area (Å²) in [6.45, 7) is 1.81. The second-order valence-electron chi connectivity index (χ2n) is 4.73. The minimum Gasteiger partial charge on any atom is -0.497 e. The summed E-state index contributed by atoms with van der Waals surface area (Å²) in [4.78, 5) is 0. The third-order valence-electron chi connectivity index (χ3n) is 3.07. The van der Waals surface area contributed by atoms with E-state index < -0.39 is 17.7 Å². The summed E-state index contributed by atoms with van der Waals surface area (Å²) in [5, 5.41) is 0. The van der Waals surface area contributed by atoms with Crippen molar-refractivity contribution in [2.45, 2.75) is 19.6 Å². The van der Waals surface area contributed by atoms with E-state index in [1.165, 1.54) is 6.07 Å². The van der Waals surface area contributed by atoms with Crippen LogP contribution in [0.2, 0.25) is 0 Å². The maximum absolute atomic E-state index is 13.9. The second kappa shape index (κ2) is 6.54. The smallest absolute Gasteiger partial charge is 0.168 e. The number of benzene rings is 2. The number of ether oxygens (including phenoxy) is 2. The van der Waals surface area contributed by atoms with Gasteiger partial charge in [-0.25, -0.2) is 8.78 Å². The number of hydrogen-bond acceptors (Lipinski definition) is 3. The highest BCUT2D eigenvalue weighted by Gasteiger charge is 2.16. The van der Waals surface area contributed by atoms with Gasteiger partial charge in [0.05, 0.1) is 7.11 Å². The zero-order valence-electron chi connectivity index (χ0n) is 11.9. The van der Waals surface area contributed by atoms with Crippen LogP contribution >= 0.6 is 0 Å². The van der Waals surface area contributed by atoms with Crippen molar-refractivity contribution in [1.82, 2.24) is 0 Å². The van der Waals surface area contributed by atoms with Crippen LogP contribution in [0.25, 0.3) is 0 Å². The Morgan fingerprint density at radius 1 is 1.14 bits per heavy atom. The predicted octanol–water partition coefficient (Wildman–Crippen LogP) is 3.57. The highest BCUT2D eigenvalue weighted by atomic mass is 19.1. The van der Waals surface area contributed by atoms with Crippen LogP contribution in [0.3, 0.4) is 0 Å². The third kappa shape index (κ3) is 3.70. The lowest BCUT2D eigenvalue weighted by Crippen LogP contribution is -2.10. The van der Waals surface area contributed by atoms with Gasteiger partial charge >= 0.3 is 0 Å². The molecule has 2 rings (SSSR count). The van der Waals surface area contributed by atoms with Crippen LogP contribution in [0.4, 0.5) is 8.78 Å². The van der Waals surface area contributed by atoms with E-state index in [0.29, 0.717) is 5.56 Å². The monoisotopic (exact) mass is 293 g/mol. The molecule has 0 saturated heterocycles. The molecule has 21 heavy (non-hydrogen) atoms. The van der Waals surface area contributed by atoms with Gasteiger partial charge in [0.25, 0.3) is 0 Å². The van der Waals surface area contributed by atoms with Crippen molar-refractivity contribution < 1.29 is 18.3 Å². The van der Waals surface area contributed by atoms with Gasteiger partial charge in [-0.3, -0.25) is 0 Å². The first-order chi connectivity index (χ1) is 10.0. The van der Waals surface area contributed by atoms with E-state index in [4.69, 9.17) is 15.2 Å². The molecule has 3 nitrogen and oxygen atoms in total. The fourth-order valence-corrected chi connectivity index (χ4v) is 1.95. The van der Waals surface area contributed by atoms with Gasteiger partial charge in [0.15, 0.2) is 11.6 Å². The number of rotatable bonds is 5. The number of hydrogen-bond donors (Lipinski definition) is 1. The molecule has 0 aliphatic rings. The molecule has 1 atom stereocenters. The summed E-state index contributed by atoms with van der Waals surface area (Å²) >= 11 is 0. The van der Waals surface area contributed by atoms with Gasteiger partial charge in [0.1, 0.15) is 18.2 Å². The van der Waals surface area contributed by atoms with Crippen molar-refractivity contribution in [3.8, 4) is 11.5 Å². The molecule has 2 aromatic carbocycles. The molecular formula is C16H17F2NO2. The van der Waals surface area contributed by atoms with Crippen molar-refractivity contribution >= 4 is 0 Å². The molecule has 0 bridgehead atoms. The number of halogens is 2. The standard InChI is InChI=1S/C16H17F2NO2/c1-10(19)14-7-12(17)8-15(18)16(14)21-9-11-3-5-13(20-2)6-4-11/h3-8,10H,9,19H2,1-2H3. The number of methoxy groups -OCH3 is 1. The lowest BCUT2D eigenvalue weighted by Gasteiger charge is -2.15. The highest BCUT2D eigenvalue weighted by molar-refractivity contribution is 5.38. The Balaban J connectivity index is 2.18. The maximum Gasteiger partial charge on any atom is 0.168 e. The highest BCUT2D eigenvalue weighted by Crippen LogP contribution is 2.29. The molecule has 0 aliphatic carbocycles. The van der Waals surface area contributed by atoms with E-state index in [0.717, 1.165) is 17.4 Å². The molecule has 2 N–H and O–H groups in total. The average molecular weight is 293 g/mol. The van der Waals surface area contributed by atoms with E-state index in [2.05, 4.69) is 0 Å². The first kappa shape index (κ1) is 15.3. The van der Waals surface area contributed by atoms with Crippen molar-refractivity contribution in [2.24, 2.45) is 5.73 Å². The van der Waals surface area contributed by atoms with Crippen molar-refractivity contribution in [3.63, 3.8) is 0 Å². The minimum atomic E-state index is -0.754. The fourth-order valence-electron chi connectivity index (χ4n) is 1.95. The van der Waals surface area contributed by atoms with Gasteiger partial charge in [-0.2, -0.15) is 0 Å². The quantitative estimate of drug-likeness (QED) is 0.916. The molecule has 0 fully saturated rings. The van der Waals surface area contributed by atoms with E-state index in [1.54, 1.807) is 26.2 Å². The molecule has 0 radical (unpaired) electrons. The predicted molar refractivity (Wildman–Crippen MR) is 76.3 cm³/mol. The van der Waals surface area contributed by atoms with Gasteiger partial charge in [-0.15, -0.1) is 0 Å². The first-order valence-electron chi connectivity index (χ1n) is 6.51. The zero-order chi connectivity index (χ0) is 15.4. The SMILES string of the molecule is COc1ccc(COc2c(F)cc(F)cc2C(C)N)cc1. The normalized spacial score (nSPS) is 12.0. The molecule has 5 heteroatoms. The second-order valence-corrected chi connectivity index (χ2v) is 4.73. The van der Waals surface area contributed by atoms with Crippen molar-refractivity contribution in [1.29, 1.82) is 0 Å². The lowest BCUT2D eigenvalue weighted by molar-refractivity contribution is 0.284. The average Bonchev–Trinajstić information content (AvgIpc) is 2.46. The van der Waals surface area contributed by atoms with Crippen LogP contribution in [0.5, 0.6) is 11.5 Å². The minimum absolute atomic E-state index is 0.0118. The Labute approximate surface area is 122 Å². The Kier molecular flexibility index (Phi) is 4.75. The summed E-state index contributed by atoms with van der Waals surface area (Å²) in [5.41, 5.74) is 6.88. The first-order valence-corrected chi connectivity index (χ1v) is 6.51. The molecule has 112 valence electrons. The van der Waals surface area contributed by atoms with Crippen molar-refractivity contribution in [2.75, 3.05) is 7.11 Å². The van der Waals surface area contributed by atoms with Gasteiger partial charge in [0, 0.05) is 17.7 Å². The Morgan fingerprint density at radius 2 is 1.81 bits per heavy atom. The molecule has 2 aromatic rings. The van der Waals surface area contributed by atoms with Crippen LogP contribution in [0.1, 0.15) is 24.1 Å². The Hall–Kier alpha value is -2.14. The molecule has 1 unspecified atom stereocenters. The van der Waals surface area contributed by atoms with Gasteiger partial charge in [-0.05, 0) is 30.7 Å². The summed E-state index contributed by atoms with van der Waals surface area (Å²) in [7, 11) is 1.58. The van der Waals surface area contributed by atoms with E-state index in [-0.39, 0.29) is 12.4 Å². The van der Waals surface area contributed by atoms with E-state index in [9.17, 15) is 8.78 Å². The Morgan fingerprint density at radius 3 is 2.38 bits per heavy atom. The van der Waals surface area contributed by atoms with Crippen LogP contribution < -0.4 is 15.2 Å². The molecule has 0 heterocycles. The molecule has 0 amide bonds. The molecule has 0 aliphatic heterocycles. The third-order valence-corrected chi connectivity index (χ3v) is 3.07. The summed E-state index contributed by atoms with van der Waals surface area (Å²) in [6.07, 6.45) is 0. The zero-order valence-corrected chi connectivity index (χ0v) is 11.9. The number of nitrogens with two attached hydrogens (primary N) is 1. The molecule has 0 aromatic heterocycles. The van der Waals surface area contributed by atoms with Gasteiger partial charge in [-0.1, -0.05) is 12.1 Å². The van der Waals surface area contributed by atoms with E-state index >= 15 is 0 Å². The van der Waals surface area contributed by atoms with Crippen LogP contribution in [-0.2, 0) is 6.61 Å². The summed E-state index contributed by atoms with van der Waals surface area (Å²) in [5.74, 6) is -0.711. The van der Waals surface area contributed by atoms with Crippen LogP contribution in [0, 0.1) is 11.6 Å². The largest absolute Gasteiger partial charge is 0.497 e. The fraction of sp³-hybridized carbons (Fsp3) is 0.250. The van der Waals surface area contributed by atoms with Gasteiger partial charge in [0.2, 0.25) is 0 Å². The Bertz CT molecular complexity index is 612. The van der Waals surface area contributed by atoms with Crippen LogP contribution in [0.15, 0.2) is 36.4 Å².